The van der Waals surface area contributed by atoms with Gasteiger partial charge in [0, 0.05) is 32.2 Å². The summed E-state index contributed by atoms with van der Waals surface area (Å²) in [5.41, 5.74) is 1.22. The number of unbranched alkanes of at least 4 members (excludes halogenated alkanes) is 3. The number of hydrogen-bond acceptors (Lipinski definition) is 7. The first-order valence-electron chi connectivity index (χ1n) is 12.9. The Kier molecular flexibility index (Phi) is 11.5. The van der Waals surface area contributed by atoms with Gasteiger partial charge in [-0.15, -0.1) is 0 Å². The predicted molar refractivity (Wildman–Crippen MR) is 133 cm³/mol. The summed E-state index contributed by atoms with van der Waals surface area (Å²) in [4.78, 5) is 13.0. The molecule has 8 nitrogen and oxygen atoms in total. The zero-order chi connectivity index (χ0) is 24.3. The van der Waals surface area contributed by atoms with Gasteiger partial charge in [-0.2, -0.15) is 0 Å². The van der Waals surface area contributed by atoms with Crippen molar-refractivity contribution in [2.75, 3.05) is 26.4 Å². The van der Waals surface area contributed by atoms with Crippen LogP contribution in [0.15, 0.2) is 12.7 Å². The van der Waals surface area contributed by atoms with Crippen molar-refractivity contribution in [3.8, 4) is 0 Å². The van der Waals surface area contributed by atoms with Crippen LogP contribution in [0.1, 0.15) is 78.9 Å². The molecule has 5 atom stereocenters. The van der Waals surface area contributed by atoms with Crippen LogP contribution in [0.2, 0.25) is 5.15 Å². The van der Waals surface area contributed by atoms with E-state index < -0.39 is 0 Å². The highest BCUT2D eigenvalue weighted by atomic mass is 35.5. The van der Waals surface area contributed by atoms with Gasteiger partial charge in [-0.3, -0.25) is 4.57 Å². The van der Waals surface area contributed by atoms with Gasteiger partial charge in [0.15, 0.2) is 10.8 Å². The Bertz CT molecular complexity index is 851. The number of halogens is 1. The standard InChI is InChI=1S/C25H41ClN4O4/c1-5-8-11-31-15-20-23(33-13-10-7-3)18(4)19(32-12-9-6-2)14-21(34-20)30-17-29-22-24(26)27-16-28-25(22)30/h16-21,23H,5-15H2,1-4H3/t18-,19-,20+,21+,23-/m0/s1. The topological polar surface area (TPSA) is 80.5 Å². The average molecular weight is 497 g/mol. The van der Waals surface area contributed by atoms with E-state index in [0.29, 0.717) is 42.6 Å². The van der Waals surface area contributed by atoms with E-state index in [0.717, 1.165) is 45.1 Å². The number of hydrogen-bond donors (Lipinski definition) is 0. The van der Waals surface area contributed by atoms with Crippen LogP contribution in [0.25, 0.3) is 11.2 Å². The molecule has 3 rings (SSSR count). The van der Waals surface area contributed by atoms with E-state index in [4.69, 9.17) is 30.5 Å². The summed E-state index contributed by atoms with van der Waals surface area (Å²) in [5, 5.41) is 0.335. The third-order valence-corrected chi connectivity index (χ3v) is 6.70. The molecule has 0 aromatic carbocycles. The van der Waals surface area contributed by atoms with Gasteiger partial charge in [0.2, 0.25) is 0 Å². The smallest absolute Gasteiger partial charge is 0.166 e. The Hall–Kier alpha value is -1.32. The lowest BCUT2D eigenvalue weighted by Gasteiger charge is -2.32. The first-order valence-corrected chi connectivity index (χ1v) is 13.3. The highest BCUT2D eigenvalue weighted by molar-refractivity contribution is 6.33. The molecule has 2 aromatic heterocycles. The molecule has 9 heteroatoms. The van der Waals surface area contributed by atoms with Crippen molar-refractivity contribution in [3.63, 3.8) is 0 Å². The van der Waals surface area contributed by atoms with Crippen molar-refractivity contribution in [3.05, 3.63) is 17.8 Å². The Labute approximate surface area is 208 Å². The second-order valence-corrected chi connectivity index (χ2v) is 9.45. The zero-order valence-corrected chi connectivity index (χ0v) is 21.9. The minimum Gasteiger partial charge on any atom is -0.379 e. The van der Waals surface area contributed by atoms with Crippen molar-refractivity contribution in [2.24, 2.45) is 5.92 Å². The van der Waals surface area contributed by atoms with Crippen LogP contribution in [-0.4, -0.2) is 64.3 Å². The van der Waals surface area contributed by atoms with Crippen molar-refractivity contribution in [2.45, 2.75) is 97.2 Å². The maximum atomic E-state index is 6.72. The van der Waals surface area contributed by atoms with Crippen LogP contribution < -0.4 is 0 Å². The molecule has 0 aliphatic carbocycles. The number of nitrogens with zero attached hydrogens (tertiary/aromatic N) is 4. The fourth-order valence-electron chi connectivity index (χ4n) is 4.31. The van der Waals surface area contributed by atoms with Gasteiger partial charge in [-0.05, 0) is 19.3 Å². The van der Waals surface area contributed by atoms with Gasteiger partial charge < -0.3 is 18.9 Å². The maximum Gasteiger partial charge on any atom is 0.166 e. The van der Waals surface area contributed by atoms with Crippen molar-refractivity contribution in [1.29, 1.82) is 0 Å². The quantitative estimate of drug-likeness (QED) is 0.249. The van der Waals surface area contributed by atoms with E-state index in [1.54, 1.807) is 6.33 Å². The van der Waals surface area contributed by atoms with Crippen LogP contribution in [0, 0.1) is 5.92 Å². The molecular formula is C25H41ClN4O4. The third kappa shape index (κ3) is 7.10. The Morgan fingerprint density at radius 1 is 1.00 bits per heavy atom. The van der Waals surface area contributed by atoms with Crippen LogP contribution in [0.3, 0.4) is 0 Å². The molecule has 1 saturated heterocycles. The van der Waals surface area contributed by atoms with E-state index >= 15 is 0 Å². The number of ether oxygens (including phenoxy) is 4. The molecule has 0 unspecified atom stereocenters. The van der Waals surface area contributed by atoms with E-state index in [1.165, 1.54) is 6.33 Å². The average Bonchev–Trinajstić information content (AvgIpc) is 3.22. The molecule has 0 radical (unpaired) electrons. The number of aromatic nitrogens is 4. The molecule has 0 amide bonds. The number of fused-ring (bicyclic) bond motifs is 1. The largest absolute Gasteiger partial charge is 0.379 e. The van der Waals surface area contributed by atoms with Crippen molar-refractivity contribution in [1.82, 2.24) is 19.5 Å². The molecule has 0 saturated carbocycles. The van der Waals surface area contributed by atoms with Crippen LogP contribution in [0.5, 0.6) is 0 Å². The van der Waals surface area contributed by atoms with Crippen molar-refractivity contribution >= 4 is 22.8 Å². The maximum absolute atomic E-state index is 6.72. The van der Waals surface area contributed by atoms with Gasteiger partial charge >= 0.3 is 0 Å². The lowest BCUT2D eigenvalue weighted by molar-refractivity contribution is -0.146. The van der Waals surface area contributed by atoms with E-state index in [9.17, 15) is 0 Å². The molecule has 1 aliphatic rings. The molecule has 0 N–H and O–H groups in total. The Balaban J connectivity index is 1.90. The van der Waals surface area contributed by atoms with Crippen molar-refractivity contribution < 1.29 is 18.9 Å². The van der Waals surface area contributed by atoms with Gasteiger partial charge in [-0.25, -0.2) is 15.0 Å². The van der Waals surface area contributed by atoms with Crippen LogP contribution in [0.4, 0.5) is 0 Å². The second kappa shape index (κ2) is 14.3. The summed E-state index contributed by atoms with van der Waals surface area (Å²) in [6.45, 7) is 11.3. The SMILES string of the molecule is CCCCOC[C@H]1O[C@@H](n2cnc3c(Cl)ncnc32)C[C@H](OCCCC)[C@H](C)[C@@H]1OCCCC. The fraction of sp³-hybridized carbons (Fsp3) is 0.800. The Morgan fingerprint density at radius 2 is 1.71 bits per heavy atom. The monoisotopic (exact) mass is 496 g/mol. The summed E-state index contributed by atoms with van der Waals surface area (Å²) in [6, 6.07) is 0. The molecule has 3 heterocycles. The lowest BCUT2D eigenvalue weighted by Crippen LogP contribution is -2.42. The van der Waals surface area contributed by atoms with Gasteiger partial charge in [0.25, 0.3) is 0 Å². The van der Waals surface area contributed by atoms with E-state index in [2.05, 4.69) is 42.6 Å². The van der Waals surface area contributed by atoms with Gasteiger partial charge in [0.05, 0.1) is 25.1 Å². The second-order valence-electron chi connectivity index (χ2n) is 9.09. The molecular weight excluding hydrogens is 456 g/mol. The summed E-state index contributed by atoms with van der Waals surface area (Å²) >= 11 is 6.27. The number of rotatable bonds is 14. The molecule has 1 fully saturated rings. The number of imidazole rings is 1. The summed E-state index contributed by atoms with van der Waals surface area (Å²) in [7, 11) is 0. The minimum atomic E-state index is -0.329. The van der Waals surface area contributed by atoms with Crippen LogP contribution in [-0.2, 0) is 18.9 Å². The van der Waals surface area contributed by atoms with E-state index in [-0.39, 0.29) is 30.5 Å². The highest BCUT2D eigenvalue weighted by Crippen LogP contribution is 2.35. The molecule has 2 aromatic rings. The summed E-state index contributed by atoms with van der Waals surface area (Å²) in [6.07, 6.45) is 9.47. The summed E-state index contributed by atoms with van der Waals surface area (Å²) < 4.78 is 27.6. The normalized spacial score (nSPS) is 25.6. The van der Waals surface area contributed by atoms with Gasteiger partial charge in [0.1, 0.15) is 24.2 Å². The first kappa shape index (κ1) is 27.3. The molecule has 192 valence electrons. The Morgan fingerprint density at radius 3 is 2.44 bits per heavy atom. The highest BCUT2D eigenvalue weighted by Gasteiger charge is 2.41. The van der Waals surface area contributed by atoms with E-state index in [1.807, 2.05) is 4.57 Å². The fourth-order valence-corrected chi connectivity index (χ4v) is 4.49. The molecule has 0 bridgehead atoms. The zero-order valence-electron chi connectivity index (χ0n) is 21.1. The minimum absolute atomic E-state index is 0.0291. The van der Waals surface area contributed by atoms with Gasteiger partial charge in [-0.1, -0.05) is 58.6 Å². The first-order chi connectivity index (χ1) is 16.6. The molecule has 1 aliphatic heterocycles. The lowest BCUT2D eigenvalue weighted by atomic mass is 9.93. The van der Waals surface area contributed by atoms with Crippen LogP contribution >= 0.6 is 11.6 Å². The predicted octanol–water partition coefficient (Wildman–Crippen LogP) is 5.59. The molecule has 0 spiro atoms. The third-order valence-electron chi connectivity index (χ3n) is 6.42. The summed E-state index contributed by atoms with van der Waals surface area (Å²) in [5.74, 6) is 0.145. The molecule has 34 heavy (non-hydrogen) atoms.